The fraction of sp³-hybridized carbons (Fsp3) is 0.125. The Morgan fingerprint density at radius 2 is 1.90 bits per heavy atom. The van der Waals surface area contributed by atoms with Gasteiger partial charge in [-0.25, -0.2) is 4.39 Å². The largest absolute Gasteiger partial charge is 0.317 e. The molecule has 0 saturated heterocycles. The molecule has 0 bridgehead atoms. The zero-order valence-electron chi connectivity index (χ0n) is 11.6. The monoisotopic (exact) mass is 300 g/mol. The predicted octanol–water partition coefficient (Wildman–Crippen LogP) is 3.43. The van der Waals surface area contributed by atoms with Crippen molar-refractivity contribution in [1.82, 2.24) is 4.57 Å². The van der Waals surface area contributed by atoms with Crippen LogP contribution in [0, 0.1) is 12.7 Å². The second kappa shape index (κ2) is 5.26. The molecule has 21 heavy (non-hydrogen) atoms. The second-order valence-electron chi connectivity index (χ2n) is 4.81. The number of hydrogen-bond acceptors (Lipinski definition) is 2. The van der Waals surface area contributed by atoms with Gasteiger partial charge in [0.05, 0.1) is 10.2 Å². The van der Waals surface area contributed by atoms with Gasteiger partial charge in [-0.1, -0.05) is 35.1 Å². The van der Waals surface area contributed by atoms with Crippen LogP contribution in [0.5, 0.6) is 0 Å². The Hall–Kier alpha value is -2.27. The first-order chi connectivity index (χ1) is 10.1. The molecular formula is C16H13FN2OS. The molecule has 0 N–H and O–H groups in total. The average Bonchev–Trinajstić information content (AvgIpc) is 2.77. The minimum Gasteiger partial charge on any atom is -0.317 e. The van der Waals surface area contributed by atoms with E-state index in [1.165, 1.54) is 17.4 Å². The third-order valence-corrected chi connectivity index (χ3v) is 4.37. The van der Waals surface area contributed by atoms with E-state index in [1.54, 1.807) is 29.8 Å². The minimum absolute atomic E-state index is 0.310. The SMILES string of the molecule is Cc1ccc(C(=O)N=c2sc3cccc(F)c3n2C)cc1. The van der Waals surface area contributed by atoms with Gasteiger partial charge in [0.2, 0.25) is 0 Å². The Bertz CT molecular complexity index is 891. The van der Waals surface area contributed by atoms with E-state index in [4.69, 9.17) is 0 Å². The summed E-state index contributed by atoms with van der Waals surface area (Å²) in [6, 6.07) is 12.1. The van der Waals surface area contributed by atoms with Gasteiger partial charge in [0, 0.05) is 12.6 Å². The number of amides is 1. The molecule has 2 aromatic carbocycles. The van der Waals surface area contributed by atoms with E-state index in [2.05, 4.69) is 4.99 Å². The third-order valence-electron chi connectivity index (χ3n) is 3.27. The van der Waals surface area contributed by atoms with Gasteiger partial charge in [-0.05, 0) is 31.2 Å². The van der Waals surface area contributed by atoms with Crippen LogP contribution in [-0.2, 0) is 7.05 Å². The number of thiazole rings is 1. The first-order valence-electron chi connectivity index (χ1n) is 6.46. The van der Waals surface area contributed by atoms with Crippen LogP contribution in [0.3, 0.4) is 0 Å². The van der Waals surface area contributed by atoms with Crippen LogP contribution in [0.4, 0.5) is 4.39 Å². The smallest absolute Gasteiger partial charge is 0.279 e. The number of rotatable bonds is 1. The maximum Gasteiger partial charge on any atom is 0.279 e. The molecular weight excluding hydrogens is 287 g/mol. The average molecular weight is 300 g/mol. The van der Waals surface area contributed by atoms with E-state index in [-0.39, 0.29) is 11.7 Å². The van der Waals surface area contributed by atoms with Crippen molar-refractivity contribution in [3.05, 3.63) is 64.2 Å². The zero-order chi connectivity index (χ0) is 15.0. The highest BCUT2D eigenvalue weighted by Crippen LogP contribution is 2.19. The fourth-order valence-electron chi connectivity index (χ4n) is 2.11. The van der Waals surface area contributed by atoms with E-state index in [0.29, 0.717) is 15.9 Å². The fourth-order valence-corrected chi connectivity index (χ4v) is 3.14. The molecule has 3 rings (SSSR count). The maximum atomic E-state index is 13.8. The molecule has 0 radical (unpaired) electrons. The van der Waals surface area contributed by atoms with Crippen LogP contribution in [0.2, 0.25) is 0 Å². The van der Waals surface area contributed by atoms with E-state index in [1.807, 2.05) is 25.1 Å². The highest BCUT2D eigenvalue weighted by atomic mass is 32.1. The first kappa shape index (κ1) is 13.7. The van der Waals surface area contributed by atoms with E-state index >= 15 is 0 Å². The van der Waals surface area contributed by atoms with Gasteiger partial charge in [-0.3, -0.25) is 4.79 Å². The number of halogens is 1. The number of fused-ring (bicyclic) bond motifs is 1. The number of carbonyl (C=O) groups excluding carboxylic acids is 1. The lowest BCUT2D eigenvalue weighted by molar-refractivity contribution is 0.0998. The lowest BCUT2D eigenvalue weighted by Gasteiger charge is -1.97. The quantitative estimate of drug-likeness (QED) is 0.678. The van der Waals surface area contributed by atoms with Gasteiger partial charge < -0.3 is 4.57 Å². The molecule has 1 amide bonds. The van der Waals surface area contributed by atoms with Crippen molar-refractivity contribution >= 4 is 27.5 Å². The standard InChI is InChI=1S/C16H13FN2OS/c1-10-6-8-11(9-7-10)15(20)18-16-19(2)14-12(17)4-3-5-13(14)21-16/h3-9H,1-2H3. The molecule has 3 aromatic rings. The summed E-state index contributed by atoms with van der Waals surface area (Å²) >= 11 is 1.30. The molecule has 0 spiro atoms. The van der Waals surface area contributed by atoms with Crippen LogP contribution in [-0.4, -0.2) is 10.5 Å². The van der Waals surface area contributed by atoms with Crippen LogP contribution < -0.4 is 4.80 Å². The van der Waals surface area contributed by atoms with Crippen LogP contribution >= 0.6 is 11.3 Å². The molecule has 0 aliphatic rings. The van der Waals surface area contributed by atoms with Crippen molar-refractivity contribution in [2.75, 3.05) is 0 Å². The molecule has 0 saturated carbocycles. The second-order valence-corrected chi connectivity index (χ2v) is 5.82. The highest BCUT2D eigenvalue weighted by Gasteiger charge is 2.09. The van der Waals surface area contributed by atoms with E-state index in [9.17, 15) is 9.18 Å². The molecule has 5 heteroatoms. The number of para-hydroxylation sites is 1. The number of benzene rings is 2. The predicted molar refractivity (Wildman–Crippen MR) is 81.8 cm³/mol. The van der Waals surface area contributed by atoms with Crippen molar-refractivity contribution in [1.29, 1.82) is 0 Å². The lowest BCUT2D eigenvalue weighted by atomic mass is 10.1. The number of aromatic nitrogens is 1. The Kier molecular flexibility index (Phi) is 3.43. The topological polar surface area (TPSA) is 34.4 Å². The first-order valence-corrected chi connectivity index (χ1v) is 7.27. The van der Waals surface area contributed by atoms with Gasteiger partial charge in [0.25, 0.3) is 5.91 Å². The summed E-state index contributed by atoms with van der Waals surface area (Å²) < 4.78 is 16.2. The molecule has 1 aromatic heterocycles. The summed E-state index contributed by atoms with van der Waals surface area (Å²) in [5, 5.41) is 0. The molecule has 0 unspecified atom stereocenters. The third kappa shape index (κ3) is 2.52. The Labute approximate surface area is 125 Å². The Morgan fingerprint density at radius 3 is 2.57 bits per heavy atom. The molecule has 106 valence electrons. The normalized spacial score (nSPS) is 12.0. The summed E-state index contributed by atoms with van der Waals surface area (Å²) in [6.45, 7) is 1.96. The number of carbonyl (C=O) groups is 1. The molecule has 0 aliphatic heterocycles. The van der Waals surface area contributed by atoms with Gasteiger partial charge in [0.1, 0.15) is 5.82 Å². The Morgan fingerprint density at radius 1 is 1.19 bits per heavy atom. The molecule has 1 heterocycles. The van der Waals surface area contributed by atoms with Crippen LogP contribution in [0.1, 0.15) is 15.9 Å². The number of aryl methyl sites for hydroxylation is 2. The Balaban J connectivity index is 2.11. The van der Waals surface area contributed by atoms with Crippen molar-refractivity contribution in [2.45, 2.75) is 6.92 Å². The van der Waals surface area contributed by atoms with Crippen molar-refractivity contribution in [2.24, 2.45) is 12.0 Å². The van der Waals surface area contributed by atoms with Gasteiger partial charge in [-0.15, -0.1) is 0 Å². The maximum absolute atomic E-state index is 13.8. The molecule has 3 nitrogen and oxygen atoms in total. The zero-order valence-corrected chi connectivity index (χ0v) is 12.4. The summed E-state index contributed by atoms with van der Waals surface area (Å²) in [6.07, 6.45) is 0. The summed E-state index contributed by atoms with van der Waals surface area (Å²) in [5.74, 6) is -0.631. The minimum atomic E-state index is -0.322. The van der Waals surface area contributed by atoms with E-state index < -0.39 is 0 Å². The van der Waals surface area contributed by atoms with Crippen LogP contribution in [0.25, 0.3) is 10.2 Å². The van der Waals surface area contributed by atoms with Crippen molar-refractivity contribution < 1.29 is 9.18 Å². The molecule has 0 aliphatic carbocycles. The van der Waals surface area contributed by atoms with Gasteiger partial charge in [0.15, 0.2) is 4.80 Å². The summed E-state index contributed by atoms with van der Waals surface area (Å²) in [4.78, 5) is 16.8. The number of hydrogen-bond donors (Lipinski definition) is 0. The molecule has 0 fully saturated rings. The van der Waals surface area contributed by atoms with Crippen LogP contribution in [0.15, 0.2) is 47.5 Å². The van der Waals surface area contributed by atoms with Crippen molar-refractivity contribution in [3.63, 3.8) is 0 Å². The van der Waals surface area contributed by atoms with Gasteiger partial charge in [-0.2, -0.15) is 4.99 Å². The lowest BCUT2D eigenvalue weighted by Crippen LogP contribution is -2.13. The van der Waals surface area contributed by atoms with Gasteiger partial charge >= 0.3 is 0 Å². The highest BCUT2D eigenvalue weighted by molar-refractivity contribution is 7.16. The summed E-state index contributed by atoms with van der Waals surface area (Å²) in [7, 11) is 1.71. The van der Waals surface area contributed by atoms with Crippen molar-refractivity contribution in [3.8, 4) is 0 Å². The number of nitrogens with zero attached hydrogens (tertiary/aromatic N) is 2. The molecule has 0 atom stereocenters. The van der Waals surface area contributed by atoms with E-state index in [0.717, 1.165) is 10.3 Å². The summed E-state index contributed by atoms with van der Waals surface area (Å²) in [5.41, 5.74) is 2.08.